The molecule has 0 atom stereocenters. The van der Waals surface area contributed by atoms with Gasteiger partial charge in [0, 0.05) is 12.1 Å². The number of sulfonamides is 1. The number of H-pyrrole nitrogens is 1. The normalized spacial score (nSPS) is 11.8. The van der Waals surface area contributed by atoms with E-state index in [4.69, 9.17) is 0 Å². The second-order valence-electron chi connectivity index (χ2n) is 5.44. The minimum Gasteiger partial charge on any atom is -0.321 e. The lowest BCUT2D eigenvalue weighted by Crippen LogP contribution is -2.27. The van der Waals surface area contributed by atoms with Gasteiger partial charge >= 0.3 is 0 Å². The van der Waals surface area contributed by atoms with Gasteiger partial charge in [0.15, 0.2) is 0 Å². The van der Waals surface area contributed by atoms with Crippen LogP contribution in [0.5, 0.6) is 0 Å². The number of fused-ring (bicyclic) bond motifs is 1. The number of rotatable bonds is 4. The Kier molecular flexibility index (Phi) is 4.21. The highest BCUT2D eigenvalue weighted by Gasteiger charge is 2.15. The maximum absolute atomic E-state index is 12.9. The Morgan fingerprint density at radius 1 is 1.12 bits per heavy atom. The van der Waals surface area contributed by atoms with E-state index in [9.17, 15) is 17.6 Å². The standard InChI is InChI=1S/C17H15FN2O3S/c1-11-3-2-4-12-9-13(17(21)20-16(11)12)10-19-24(22,23)15-7-5-14(18)6-8-15/h2-9,19H,10H2,1H3,(H,20,21). The number of nitrogens with one attached hydrogen (secondary N) is 2. The fraction of sp³-hybridized carbons (Fsp3) is 0.118. The van der Waals surface area contributed by atoms with Crippen LogP contribution in [0, 0.1) is 12.7 Å². The SMILES string of the molecule is Cc1cccc2cc(CNS(=O)(=O)c3ccc(F)cc3)c(=O)[nH]c12. The van der Waals surface area contributed by atoms with Crippen LogP contribution in [0.1, 0.15) is 11.1 Å². The van der Waals surface area contributed by atoms with Crippen LogP contribution in [-0.2, 0) is 16.6 Å². The molecule has 0 fully saturated rings. The third-order valence-corrected chi connectivity index (χ3v) is 5.16. The lowest BCUT2D eigenvalue weighted by Gasteiger charge is -2.08. The van der Waals surface area contributed by atoms with Crippen molar-refractivity contribution in [1.82, 2.24) is 9.71 Å². The van der Waals surface area contributed by atoms with Crippen molar-refractivity contribution >= 4 is 20.9 Å². The van der Waals surface area contributed by atoms with Crippen LogP contribution in [0.4, 0.5) is 4.39 Å². The van der Waals surface area contributed by atoms with Crippen molar-refractivity contribution in [1.29, 1.82) is 0 Å². The molecule has 1 aromatic heterocycles. The number of hydrogen-bond acceptors (Lipinski definition) is 3. The van der Waals surface area contributed by atoms with E-state index < -0.39 is 15.8 Å². The first-order chi connectivity index (χ1) is 11.4. The summed E-state index contributed by atoms with van der Waals surface area (Å²) in [6.45, 7) is 1.73. The van der Waals surface area contributed by atoms with E-state index >= 15 is 0 Å². The summed E-state index contributed by atoms with van der Waals surface area (Å²) in [6.07, 6.45) is 0. The van der Waals surface area contributed by atoms with Gasteiger partial charge in [-0.15, -0.1) is 0 Å². The third-order valence-electron chi connectivity index (χ3n) is 3.74. The molecule has 24 heavy (non-hydrogen) atoms. The van der Waals surface area contributed by atoms with Gasteiger partial charge < -0.3 is 4.98 Å². The molecule has 0 saturated heterocycles. The van der Waals surface area contributed by atoms with Gasteiger partial charge in [-0.25, -0.2) is 17.5 Å². The summed E-state index contributed by atoms with van der Waals surface area (Å²) in [4.78, 5) is 14.9. The highest BCUT2D eigenvalue weighted by Crippen LogP contribution is 2.15. The average molecular weight is 346 g/mol. The number of pyridine rings is 1. The molecule has 0 aliphatic heterocycles. The monoisotopic (exact) mass is 346 g/mol. The summed E-state index contributed by atoms with van der Waals surface area (Å²) in [6, 6.07) is 11.7. The van der Waals surface area contributed by atoms with Crippen molar-refractivity contribution < 1.29 is 12.8 Å². The van der Waals surface area contributed by atoms with Crippen LogP contribution in [0.25, 0.3) is 10.9 Å². The van der Waals surface area contributed by atoms with E-state index in [0.717, 1.165) is 28.6 Å². The topological polar surface area (TPSA) is 79.0 Å². The van der Waals surface area contributed by atoms with Crippen LogP contribution in [0.2, 0.25) is 0 Å². The third kappa shape index (κ3) is 3.22. The van der Waals surface area contributed by atoms with E-state index in [1.165, 1.54) is 12.1 Å². The molecule has 2 aromatic carbocycles. The Morgan fingerprint density at radius 2 is 1.83 bits per heavy atom. The van der Waals surface area contributed by atoms with Crippen LogP contribution in [0.3, 0.4) is 0 Å². The minimum absolute atomic E-state index is 0.0584. The predicted octanol–water partition coefficient (Wildman–Crippen LogP) is 2.45. The molecule has 0 amide bonds. The van der Waals surface area contributed by atoms with Crippen molar-refractivity contribution in [3.63, 3.8) is 0 Å². The van der Waals surface area contributed by atoms with Crippen molar-refractivity contribution in [2.75, 3.05) is 0 Å². The molecule has 3 rings (SSSR count). The predicted molar refractivity (Wildman–Crippen MR) is 89.7 cm³/mol. The van der Waals surface area contributed by atoms with E-state index in [2.05, 4.69) is 9.71 Å². The van der Waals surface area contributed by atoms with Gasteiger partial charge in [-0.05, 0) is 48.2 Å². The number of aryl methyl sites for hydroxylation is 1. The second-order valence-corrected chi connectivity index (χ2v) is 7.21. The van der Waals surface area contributed by atoms with Crippen LogP contribution < -0.4 is 10.3 Å². The van der Waals surface area contributed by atoms with E-state index in [0.29, 0.717) is 5.56 Å². The highest BCUT2D eigenvalue weighted by atomic mass is 32.2. The van der Waals surface area contributed by atoms with Gasteiger partial charge in [-0.3, -0.25) is 4.79 Å². The van der Waals surface area contributed by atoms with Gasteiger partial charge in [0.25, 0.3) is 5.56 Å². The van der Waals surface area contributed by atoms with Crippen molar-refractivity contribution in [3.05, 3.63) is 75.8 Å². The smallest absolute Gasteiger partial charge is 0.252 e. The Labute approximate surface area is 138 Å². The minimum atomic E-state index is -3.82. The summed E-state index contributed by atoms with van der Waals surface area (Å²) in [7, 11) is -3.82. The zero-order valence-corrected chi connectivity index (χ0v) is 13.7. The summed E-state index contributed by atoms with van der Waals surface area (Å²) >= 11 is 0. The Hall–Kier alpha value is -2.51. The first kappa shape index (κ1) is 16.4. The molecular weight excluding hydrogens is 331 g/mol. The molecule has 0 saturated carbocycles. The molecule has 2 N–H and O–H groups in total. The maximum atomic E-state index is 12.9. The van der Waals surface area contributed by atoms with Gasteiger partial charge in [-0.1, -0.05) is 18.2 Å². The zero-order valence-electron chi connectivity index (χ0n) is 12.8. The van der Waals surface area contributed by atoms with Gasteiger partial charge in [0.2, 0.25) is 10.0 Å². The molecular formula is C17H15FN2O3S. The molecule has 3 aromatic rings. The Morgan fingerprint density at radius 3 is 2.54 bits per heavy atom. The van der Waals surface area contributed by atoms with Crippen molar-refractivity contribution in [2.45, 2.75) is 18.4 Å². The largest absolute Gasteiger partial charge is 0.321 e. The molecule has 0 spiro atoms. The summed E-state index contributed by atoms with van der Waals surface area (Å²) in [5, 5.41) is 0.825. The molecule has 7 heteroatoms. The average Bonchev–Trinajstić information content (AvgIpc) is 2.54. The van der Waals surface area contributed by atoms with Gasteiger partial charge in [-0.2, -0.15) is 0 Å². The molecule has 5 nitrogen and oxygen atoms in total. The van der Waals surface area contributed by atoms with E-state index in [1.54, 1.807) is 6.07 Å². The lowest BCUT2D eigenvalue weighted by atomic mass is 10.1. The number of benzene rings is 2. The maximum Gasteiger partial charge on any atom is 0.252 e. The van der Waals surface area contributed by atoms with Crippen LogP contribution in [0.15, 0.2) is 58.2 Å². The Balaban J connectivity index is 1.89. The molecule has 0 aliphatic rings. The molecule has 124 valence electrons. The second kappa shape index (κ2) is 6.18. The number of halogens is 1. The fourth-order valence-electron chi connectivity index (χ4n) is 2.43. The number of aromatic nitrogens is 1. The highest BCUT2D eigenvalue weighted by molar-refractivity contribution is 7.89. The fourth-order valence-corrected chi connectivity index (χ4v) is 3.44. The number of hydrogen-bond donors (Lipinski definition) is 2. The molecule has 1 heterocycles. The molecule has 0 radical (unpaired) electrons. The first-order valence-electron chi connectivity index (χ1n) is 7.23. The van der Waals surface area contributed by atoms with Crippen molar-refractivity contribution in [3.8, 4) is 0 Å². The number of para-hydroxylation sites is 1. The van der Waals surface area contributed by atoms with Gasteiger partial charge in [0.05, 0.1) is 10.4 Å². The lowest BCUT2D eigenvalue weighted by molar-refractivity contribution is 0.580. The van der Waals surface area contributed by atoms with Crippen LogP contribution >= 0.6 is 0 Å². The van der Waals surface area contributed by atoms with Crippen LogP contribution in [-0.4, -0.2) is 13.4 Å². The first-order valence-corrected chi connectivity index (χ1v) is 8.72. The van der Waals surface area contributed by atoms with E-state index in [1.807, 2.05) is 25.1 Å². The zero-order chi connectivity index (χ0) is 17.3. The molecule has 0 bridgehead atoms. The quantitative estimate of drug-likeness (QED) is 0.762. The van der Waals surface area contributed by atoms with Gasteiger partial charge in [0.1, 0.15) is 5.82 Å². The molecule has 0 aliphatic carbocycles. The summed E-state index contributed by atoms with van der Waals surface area (Å²) < 4.78 is 39.7. The summed E-state index contributed by atoms with van der Waals surface area (Å²) in [5.74, 6) is -0.518. The number of aromatic amines is 1. The van der Waals surface area contributed by atoms with E-state index in [-0.39, 0.29) is 17.0 Å². The van der Waals surface area contributed by atoms with Crippen molar-refractivity contribution in [2.24, 2.45) is 0 Å². The summed E-state index contributed by atoms with van der Waals surface area (Å²) in [5.41, 5.74) is 1.62. The Bertz CT molecular complexity index is 1060. The molecule has 0 unspecified atom stereocenters.